The number of aliphatic hydroxyl groups excluding tert-OH is 2. The quantitative estimate of drug-likeness (QED) is 0.405. The molecule has 4 N–H and O–H groups in total. The molecule has 2 aromatic heterocycles. The number of anilines is 3. The summed E-state index contributed by atoms with van der Waals surface area (Å²) in [6, 6.07) is 1.26. The number of imidazole rings is 1. The second-order valence-corrected chi connectivity index (χ2v) is 9.19. The van der Waals surface area contributed by atoms with E-state index in [1.807, 2.05) is 0 Å². The van der Waals surface area contributed by atoms with Gasteiger partial charge in [-0.3, -0.25) is 4.57 Å². The summed E-state index contributed by atoms with van der Waals surface area (Å²) in [5, 5.41) is 25.7. The molecule has 2 saturated carbocycles. The molecule has 0 amide bonds. The van der Waals surface area contributed by atoms with Gasteiger partial charge in [0.2, 0.25) is 11.9 Å². The number of rotatable bonds is 5. The third-order valence-corrected chi connectivity index (χ3v) is 6.74. The van der Waals surface area contributed by atoms with E-state index < -0.39 is 23.1 Å². The van der Waals surface area contributed by atoms with Gasteiger partial charge in [-0.2, -0.15) is 4.98 Å². The molecule has 2 heterocycles. The summed E-state index contributed by atoms with van der Waals surface area (Å²) in [4.78, 5) is 13.5. The largest absolute Gasteiger partial charge is 0.393 e. The summed E-state index contributed by atoms with van der Waals surface area (Å²) in [5.41, 5.74) is 0.446. The lowest BCUT2D eigenvalue weighted by Gasteiger charge is -2.28. The molecule has 1 aromatic carbocycles. The fraction of sp³-hybridized carbons (Fsp3) is 0.542. The summed E-state index contributed by atoms with van der Waals surface area (Å²) in [5.74, 6) is -2.55. The molecule has 2 aliphatic rings. The van der Waals surface area contributed by atoms with Gasteiger partial charge in [-0.25, -0.2) is 23.1 Å². The van der Waals surface area contributed by atoms with Crippen molar-refractivity contribution in [3.05, 3.63) is 35.8 Å². The fourth-order valence-electron chi connectivity index (χ4n) is 4.89. The molecule has 0 spiro atoms. The molecule has 11 heteroatoms. The van der Waals surface area contributed by atoms with Crippen LogP contribution in [0.4, 0.5) is 30.8 Å². The molecule has 35 heavy (non-hydrogen) atoms. The van der Waals surface area contributed by atoms with E-state index in [9.17, 15) is 23.4 Å². The summed E-state index contributed by atoms with van der Waals surface area (Å²) >= 11 is 0. The molecule has 5 rings (SSSR count). The highest BCUT2D eigenvalue weighted by atomic mass is 19.1. The summed E-state index contributed by atoms with van der Waals surface area (Å²) < 4.78 is 43.9. The molecule has 0 aliphatic heterocycles. The smallest absolute Gasteiger partial charge is 0.224 e. The number of aromatic nitrogens is 4. The van der Waals surface area contributed by atoms with Crippen molar-refractivity contribution in [2.24, 2.45) is 0 Å². The molecule has 3 aromatic rings. The molecule has 0 saturated heterocycles. The number of nitrogens with one attached hydrogen (secondary N) is 2. The Labute approximate surface area is 201 Å². The van der Waals surface area contributed by atoms with Crippen molar-refractivity contribution in [2.75, 3.05) is 10.6 Å². The Balaban J connectivity index is 0.00000289. The summed E-state index contributed by atoms with van der Waals surface area (Å²) in [6.07, 6.45) is 6.39. The van der Waals surface area contributed by atoms with Gasteiger partial charge in [0.15, 0.2) is 17.3 Å². The number of fused-ring (bicyclic) bond motifs is 1. The van der Waals surface area contributed by atoms with Crippen LogP contribution in [0, 0.1) is 17.5 Å². The molecule has 8 nitrogen and oxygen atoms in total. The van der Waals surface area contributed by atoms with Crippen molar-refractivity contribution < 1.29 is 23.4 Å². The minimum Gasteiger partial charge on any atom is -0.393 e. The first kappa shape index (κ1) is 25.2. The van der Waals surface area contributed by atoms with E-state index in [0.717, 1.165) is 12.8 Å². The van der Waals surface area contributed by atoms with Crippen LogP contribution >= 0.6 is 0 Å². The van der Waals surface area contributed by atoms with E-state index in [2.05, 4.69) is 25.6 Å². The van der Waals surface area contributed by atoms with Crippen LogP contribution in [0.1, 0.15) is 64.8 Å². The normalized spacial score (nSPS) is 24.7. The monoisotopic (exact) mass is 492 g/mol. The van der Waals surface area contributed by atoms with E-state index in [-0.39, 0.29) is 37.7 Å². The maximum atomic E-state index is 14.4. The van der Waals surface area contributed by atoms with Crippen LogP contribution in [-0.2, 0) is 0 Å². The van der Waals surface area contributed by atoms with E-state index in [0.29, 0.717) is 67.8 Å². The lowest BCUT2D eigenvalue weighted by molar-refractivity contribution is 0.112. The van der Waals surface area contributed by atoms with E-state index >= 15 is 0 Å². The number of hydrogen-bond acceptors (Lipinski definition) is 7. The Morgan fingerprint density at radius 3 is 2.09 bits per heavy atom. The Morgan fingerprint density at radius 1 is 0.857 bits per heavy atom. The van der Waals surface area contributed by atoms with Crippen molar-refractivity contribution in [3.8, 4) is 0 Å². The molecule has 190 valence electrons. The predicted octanol–water partition coefficient (Wildman–Crippen LogP) is 4.81. The van der Waals surface area contributed by atoms with Gasteiger partial charge in [0.25, 0.3) is 0 Å². The lowest BCUT2D eigenvalue weighted by atomic mass is 9.93. The van der Waals surface area contributed by atoms with E-state index in [1.165, 1.54) is 0 Å². The van der Waals surface area contributed by atoms with E-state index in [1.54, 1.807) is 10.8 Å². The number of hydrogen-bond donors (Lipinski definition) is 4. The molecule has 0 radical (unpaired) electrons. The number of halogens is 3. The summed E-state index contributed by atoms with van der Waals surface area (Å²) in [6.45, 7) is 0. The Bertz CT molecular complexity index is 1150. The second-order valence-electron chi connectivity index (χ2n) is 9.19. The molecule has 2 fully saturated rings. The van der Waals surface area contributed by atoms with Crippen LogP contribution in [-0.4, -0.2) is 48.0 Å². The molecule has 2 aliphatic carbocycles. The van der Waals surface area contributed by atoms with Crippen molar-refractivity contribution in [1.29, 1.82) is 0 Å². The fourth-order valence-corrected chi connectivity index (χ4v) is 4.89. The molecule has 0 bridgehead atoms. The third-order valence-electron chi connectivity index (χ3n) is 6.74. The van der Waals surface area contributed by atoms with Crippen LogP contribution in [0.5, 0.6) is 0 Å². The average Bonchev–Trinajstić information content (AvgIpc) is 3.16. The van der Waals surface area contributed by atoms with Gasteiger partial charge in [0.05, 0.1) is 18.4 Å². The van der Waals surface area contributed by atoms with E-state index in [4.69, 9.17) is 0 Å². The zero-order valence-corrected chi connectivity index (χ0v) is 18.5. The van der Waals surface area contributed by atoms with Crippen LogP contribution in [0.2, 0.25) is 0 Å². The summed E-state index contributed by atoms with van der Waals surface area (Å²) in [7, 11) is 0. The number of benzene rings is 1. The van der Waals surface area contributed by atoms with Gasteiger partial charge in [0.1, 0.15) is 17.0 Å². The topological polar surface area (TPSA) is 108 Å². The molecular weight excluding hydrogens is 461 g/mol. The molecule has 0 atom stereocenters. The maximum Gasteiger partial charge on any atom is 0.224 e. The zero-order valence-electron chi connectivity index (χ0n) is 18.5. The van der Waals surface area contributed by atoms with Gasteiger partial charge < -0.3 is 20.8 Å². The first-order valence-corrected chi connectivity index (χ1v) is 11.7. The van der Waals surface area contributed by atoms with Crippen molar-refractivity contribution in [3.63, 3.8) is 0 Å². The molecule has 0 unspecified atom stereocenters. The minimum absolute atomic E-state index is 0. The Hall–Kier alpha value is -2.92. The SMILES string of the molecule is C.OC1CCC(Nc2ncc3nc(Nc4c(F)cc(F)cc4F)n(C4CCC(O)CC4)c3n2)CC1. The van der Waals surface area contributed by atoms with Crippen LogP contribution < -0.4 is 10.6 Å². The van der Waals surface area contributed by atoms with Crippen LogP contribution in [0.25, 0.3) is 11.2 Å². The van der Waals surface area contributed by atoms with Crippen molar-refractivity contribution in [2.45, 2.75) is 83.1 Å². The third kappa shape index (κ3) is 5.35. The Morgan fingerprint density at radius 2 is 1.46 bits per heavy atom. The first-order valence-electron chi connectivity index (χ1n) is 11.7. The maximum absolute atomic E-state index is 14.4. The highest BCUT2D eigenvalue weighted by Crippen LogP contribution is 2.36. The van der Waals surface area contributed by atoms with Crippen molar-refractivity contribution >= 4 is 28.7 Å². The minimum atomic E-state index is -1.07. The predicted molar refractivity (Wildman–Crippen MR) is 127 cm³/mol. The van der Waals surface area contributed by atoms with Gasteiger partial charge in [0, 0.05) is 24.2 Å². The standard InChI is InChI=1S/C23H27F3N6O2.CH4/c24-12-9-17(25)20(18(26)10-12)30-23-29-19-11-27-22(28-13-1-5-15(33)6-2-13)31-21(19)32(23)14-3-7-16(34)8-4-14;/h9-11,13-16,33-34H,1-8H2,(H,29,30)(H,27,28,31);1H4. The first-order chi connectivity index (χ1) is 16.4. The second kappa shape index (κ2) is 10.4. The van der Waals surface area contributed by atoms with Crippen LogP contribution in [0.3, 0.4) is 0 Å². The van der Waals surface area contributed by atoms with Crippen molar-refractivity contribution in [1.82, 2.24) is 19.5 Å². The van der Waals surface area contributed by atoms with Crippen LogP contribution in [0.15, 0.2) is 18.3 Å². The molecular formula is C24H31F3N6O2. The van der Waals surface area contributed by atoms with Gasteiger partial charge in [-0.05, 0) is 51.4 Å². The zero-order chi connectivity index (χ0) is 23.8. The Kier molecular flexibility index (Phi) is 7.46. The highest BCUT2D eigenvalue weighted by molar-refractivity contribution is 5.76. The average molecular weight is 493 g/mol. The lowest BCUT2D eigenvalue weighted by Crippen LogP contribution is -2.29. The van der Waals surface area contributed by atoms with Gasteiger partial charge in [-0.15, -0.1) is 0 Å². The highest BCUT2D eigenvalue weighted by Gasteiger charge is 2.27. The van der Waals surface area contributed by atoms with Gasteiger partial charge in [-0.1, -0.05) is 7.43 Å². The number of aliphatic hydroxyl groups is 2. The van der Waals surface area contributed by atoms with Gasteiger partial charge >= 0.3 is 0 Å². The number of nitrogens with zero attached hydrogens (tertiary/aromatic N) is 4.